The topological polar surface area (TPSA) is 32.1 Å². The van der Waals surface area contributed by atoms with Crippen LogP contribution in [0.15, 0.2) is 24.3 Å². The predicted molar refractivity (Wildman–Crippen MR) is 74.1 cm³/mol. The smallest absolute Gasteiger partial charge is 0.120 e. The molecular weight excluding hydrogens is 266 g/mol. The van der Waals surface area contributed by atoms with Gasteiger partial charge in [0.2, 0.25) is 0 Å². The molecule has 1 fully saturated rings. The van der Waals surface area contributed by atoms with Crippen LogP contribution in [0.1, 0.15) is 0 Å². The second-order valence-electron chi connectivity index (χ2n) is 4.53. The highest BCUT2D eigenvalue weighted by Gasteiger charge is 2.12. The molecule has 0 bridgehead atoms. The van der Waals surface area contributed by atoms with Gasteiger partial charge in [0.25, 0.3) is 0 Å². The normalized spacial score (nSPS) is 16.5. The Labute approximate surface area is 119 Å². The van der Waals surface area contributed by atoms with E-state index in [4.69, 9.17) is 25.8 Å². The molecule has 5 heteroatoms. The molecule has 2 rings (SSSR count). The van der Waals surface area contributed by atoms with Gasteiger partial charge in [-0.15, -0.1) is 0 Å². The highest BCUT2D eigenvalue weighted by atomic mass is 35.5. The maximum atomic E-state index is 5.87. The van der Waals surface area contributed by atoms with Gasteiger partial charge in [-0.1, -0.05) is 17.7 Å². The lowest BCUT2D eigenvalue weighted by atomic mass is 10.3. The van der Waals surface area contributed by atoms with Gasteiger partial charge in [-0.25, -0.2) is 0 Å². The molecule has 1 aliphatic heterocycles. The molecule has 0 spiro atoms. The molecule has 1 N–H and O–H groups in total. The fourth-order valence-electron chi connectivity index (χ4n) is 2.00. The maximum Gasteiger partial charge on any atom is 0.120 e. The molecule has 0 aromatic heterocycles. The number of hydrogen-bond acceptors (Lipinski definition) is 3. The minimum Gasteiger partial charge on any atom is -0.491 e. The van der Waals surface area contributed by atoms with Gasteiger partial charge in [-0.2, -0.15) is 0 Å². The van der Waals surface area contributed by atoms with Gasteiger partial charge >= 0.3 is 0 Å². The van der Waals surface area contributed by atoms with Crippen LogP contribution < -0.4 is 9.64 Å². The number of benzene rings is 1. The third-order valence-electron chi connectivity index (χ3n) is 3.09. The quantitative estimate of drug-likeness (QED) is 0.747. The Kier molecular flexibility index (Phi) is 6.44. The largest absolute Gasteiger partial charge is 0.491 e. The third-order valence-corrected chi connectivity index (χ3v) is 3.33. The van der Waals surface area contributed by atoms with Gasteiger partial charge in [0.15, 0.2) is 0 Å². The van der Waals surface area contributed by atoms with E-state index in [1.54, 1.807) is 11.0 Å². The molecule has 0 radical (unpaired) electrons. The van der Waals surface area contributed by atoms with Gasteiger partial charge in [0.1, 0.15) is 32.0 Å². The zero-order chi connectivity index (χ0) is 13.3. The Morgan fingerprint density at radius 1 is 1.16 bits per heavy atom. The molecule has 0 aliphatic carbocycles. The SMILES string of the molecule is Clc1cccc(OCCOCC[NH+]2CCOCC2)c1. The van der Waals surface area contributed by atoms with Crippen LogP contribution in [0.2, 0.25) is 5.02 Å². The second-order valence-corrected chi connectivity index (χ2v) is 4.97. The van der Waals surface area contributed by atoms with E-state index in [2.05, 4.69) is 0 Å². The Morgan fingerprint density at radius 2 is 2.00 bits per heavy atom. The monoisotopic (exact) mass is 286 g/mol. The molecule has 0 unspecified atom stereocenters. The van der Waals surface area contributed by atoms with Crippen LogP contribution in [-0.2, 0) is 9.47 Å². The van der Waals surface area contributed by atoms with Crippen LogP contribution in [0, 0.1) is 0 Å². The van der Waals surface area contributed by atoms with Crippen LogP contribution in [0.4, 0.5) is 0 Å². The average molecular weight is 287 g/mol. The van der Waals surface area contributed by atoms with Crippen LogP contribution in [0.5, 0.6) is 5.75 Å². The summed E-state index contributed by atoms with van der Waals surface area (Å²) in [5, 5.41) is 0.689. The highest BCUT2D eigenvalue weighted by Crippen LogP contribution is 2.16. The molecule has 1 saturated heterocycles. The zero-order valence-corrected chi connectivity index (χ0v) is 11.8. The van der Waals surface area contributed by atoms with Crippen molar-refractivity contribution in [1.82, 2.24) is 0 Å². The molecule has 0 amide bonds. The van der Waals surface area contributed by atoms with E-state index in [1.165, 1.54) is 0 Å². The third kappa shape index (κ3) is 5.78. The molecule has 106 valence electrons. The standard InChI is InChI=1S/C14H20ClNO3/c15-13-2-1-3-14(12-13)19-11-10-18-9-6-16-4-7-17-8-5-16/h1-3,12H,4-11H2/p+1. The van der Waals surface area contributed by atoms with Crippen molar-refractivity contribution >= 4 is 11.6 Å². The number of rotatable bonds is 7. The Balaban J connectivity index is 1.50. The lowest BCUT2D eigenvalue weighted by Crippen LogP contribution is -3.14. The molecule has 1 aliphatic rings. The van der Waals surface area contributed by atoms with E-state index in [9.17, 15) is 0 Å². The van der Waals surface area contributed by atoms with Crippen molar-refractivity contribution in [2.75, 3.05) is 52.7 Å². The Bertz CT molecular complexity index is 369. The number of halogens is 1. The van der Waals surface area contributed by atoms with E-state index in [0.717, 1.165) is 45.2 Å². The first-order valence-electron chi connectivity index (χ1n) is 6.72. The van der Waals surface area contributed by atoms with Crippen LogP contribution in [0.3, 0.4) is 0 Å². The average Bonchev–Trinajstić information content (AvgIpc) is 2.44. The highest BCUT2D eigenvalue weighted by molar-refractivity contribution is 6.30. The van der Waals surface area contributed by atoms with Crippen molar-refractivity contribution < 1.29 is 19.1 Å². The molecule has 1 aromatic rings. The van der Waals surface area contributed by atoms with Crippen LogP contribution in [-0.4, -0.2) is 52.7 Å². The first-order valence-corrected chi connectivity index (χ1v) is 7.10. The van der Waals surface area contributed by atoms with E-state index in [0.29, 0.717) is 18.2 Å². The minimum atomic E-state index is 0.554. The Morgan fingerprint density at radius 3 is 2.79 bits per heavy atom. The van der Waals surface area contributed by atoms with E-state index in [1.807, 2.05) is 18.2 Å². The number of morpholine rings is 1. The molecule has 19 heavy (non-hydrogen) atoms. The molecule has 0 saturated carbocycles. The van der Waals surface area contributed by atoms with Gasteiger partial charge in [0, 0.05) is 5.02 Å². The van der Waals surface area contributed by atoms with Crippen LogP contribution >= 0.6 is 11.6 Å². The fourth-order valence-corrected chi connectivity index (χ4v) is 2.18. The van der Waals surface area contributed by atoms with Gasteiger partial charge in [-0.05, 0) is 18.2 Å². The van der Waals surface area contributed by atoms with Crippen molar-refractivity contribution in [2.24, 2.45) is 0 Å². The molecule has 1 heterocycles. The van der Waals surface area contributed by atoms with Crippen molar-refractivity contribution in [3.05, 3.63) is 29.3 Å². The van der Waals surface area contributed by atoms with Crippen molar-refractivity contribution in [1.29, 1.82) is 0 Å². The van der Waals surface area contributed by atoms with E-state index < -0.39 is 0 Å². The zero-order valence-electron chi connectivity index (χ0n) is 11.1. The summed E-state index contributed by atoms with van der Waals surface area (Å²) in [6.07, 6.45) is 0. The number of nitrogens with one attached hydrogen (secondary N) is 1. The summed E-state index contributed by atoms with van der Waals surface area (Å²) < 4.78 is 16.4. The first-order chi connectivity index (χ1) is 9.34. The summed E-state index contributed by atoms with van der Waals surface area (Å²) in [5.74, 6) is 0.787. The summed E-state index contributed by atoms with van der Waals surface area (Å²) in [6.45, 7) is 6.88. The maximum absolute atomic E-state index is 5.87. The number of ether oxygens (including phenoxy) is 3. The lowest BCUT2D eigenvalue weighted by molar-refractivity contribution is -0.908. The fraction of sp³-hybridized carbons (Fsp3) is 0.571. The molecule has 1 aromatic carbocycles. The van der Waals surface area contributed by atoms with Gasteiger partial charge in [0.05, 0.1) is 26.4 Å². The van der Waals surface area contributed by atoms with Gasteiger partial charge in [-0.3, -0.25) is 0 Å². The number of hydrogen-bond donors (Lipinski definition) is 1. The predicted octanol–water partition coefficient (Wildman–Crippen LogP) is 0.650. The van der Waals surface area contributed by atoms with E-state index in [-0.39, 0.29) is 0 Å². The Hall–Kier alpha value is -0.810. The van der Waals surface area contributed by atoms with Crippen molar-refractivity contribution in [2.45, 2.75) is 0 Å². The van der Waals surface area contributed by atoms with Crippen LogP contribution in [0.25, 0.3) is 0 Å². The first kappa shape index (κ1) is 14.6. The summed E-state index contributed by atoms with van der Waals surface area (Å²) in [7, 11) is 0. The molecule has 4 nitrogen and oxygen atoms in total. The summed E-state index contributed by atoms with van der Waals surface area (Å²) in [5.41, 5.74) is 0. The van der Waals surface area contributed by atoms with Crippen molar-refractivity contribution in [3.63, 3.8) is 0 Å². The lowest BCUT2D eigenvalue weighted by Gasteiger charge is -2.23. The van der Waals surface area contributed by atoms with E-state index >= 15 is 0 Å². The second kappa shape index (κ2) is 8.38. The minimum absolute atomic E-state index is 0.554. The van der Waals surface area contributed by atoms with Gasteiger partial charge < -0.3 is 19.1 Å². The molecular formula is C14H21ClNO3+. The number of quaternary nitrogens is 1. The van der Waals surface area contributed by atoms with Crippen molar-refractivity contribution in [3.8, 4) is 5.75 Å². The molecule has 0 atom stereocenters. The summed E-state index contributed by atoms with van der Waals surface area (Å²) in [4.78, 5) is 1.56. The summed E-state index contributed by atoms with van der Waals surface area (Å²) in [6, 6.07) is 7.40. The summed E-state index contributed by atoms with van der Waals surface area (Å²) >= 11 is 5.87.